The van der Waals surface area contributed by atoms with Crippen molar-refractivity contribution in [3.63, 3.8) is 0 Å². The van der Waals surface area contributed by atoms with E-state index in [1.165, 1.54) is 12.1 Å². The molecule has 0 N–H and O–H groups in total. The second-order valence-corrected chi connectivity index (χ2v) is 3.99. The number of hydrogen-bond donors (Lipinski definition) is 0. The maximum atomic E-state index is 12.5. The van der Waals surface area contributed by atoms with Crippen LogP contribution in [0.5, 0.6) is 0 Å². The summed E-state index contributed by atoms with van der Waals surface area (Å²) in [5.74, 6) is 0. The van der Waals surface area contributed by atoms with Crippen LogP contribution in [0.15, 0.2) is 18.3 Å². The monoisotopic (exact) mass is 185 g/mol. The molecule has 3 heteroatoms. The number of pyridine rings is 1. The molecule has 0 radical (unpaired) electrons. The number of nitrogens with zero attached hydrogens (tertiary/aromatic N) is 1. The van der Waals surface area contributed by atoms with Gasteiger partial charge in [-0.05, 0) is 12.1 Å². The van der Waals surface area contributed by atoms with Gasteiger partial charge in [0.15, 0.2) is 0 Å². The van der Waals surface area contributed by atoms with Crippen molar-refractivity contribution in [3.05, 3.63) is 29.6 Å². The van der Waals surface area contributed by atoms with Gasteiger partial charge in [-0.1, -0.05) is 20.8 Å². The van der Waals surface area contributed by atoms with E-state index in [2.05, 4.69) is 4.98 Å². The van der Waals surface area contributed by atoms with Crippen molar-refractivity contribution in [2.24, 2.45) is 0 Å². The second kappa shape index (κ2) is 3.40. The Bertz CT molecular complexity index is 289. The van der Waals surface area contributed by atoms with Crippen LogP contribution >= 0.6 is 0 Å². The fraction of sp³-hybridized carbons (Fsp3) is 0.500. The lowest BCUT2D eigenvalue weighted by Crippen LogP contribution is -2.16. The van der Waals surface area contributed by atoms with E-state index in [-0.39, 0.29) is 11.0 Å². The zero-order chi connectivity index (χ0) is 10.1. The summed E-state index contributed by atoms with van der Waals surface area (Å²) >= 11 is 0. The molecule has 0 saturated heterocycles. The molecule has 1 aromatic rings. The molecule has 0 aliphatic rings. The van der Waals surface area contributed by atoms with E-state index in [9.17, 15) is 8.78 Å². The predicted octanol–water partition coefficient (Wildman–Crippen LogP) is 3.32. The molecule has 0 aliphatic carbocycles. The summed E-state index contributed by atoms with van der Waals surface area (Å²) in [6.45, 7) is 5.63. The Hall–Kier alpha value is -0.990. The van der Waals surface area contributed by atoms with Crippen molar-refractivity contribution in [3.8, 4) is 0 Å². The van der Waals surface area contributed by atoms with Crippen LogP contribution in [0.4, 0.5) is 8.78 Å². The van der Waals surface area contributed by atoms with Gasteiger partial charge in [0, 0.05) is 17.2 Å². The van der Waals surface area contributed by atoms with Gasteiger partial charge < -0.3 is 0 Å². The molecule has 0 aromatic carbocycles. The van der Waals surface area contributed by atoms with Gasteiger partial charge in [0.1, 0.15) is 0 Å². The van der Waals surface area contributed by atoms with E-state index in [0.29, 0.717) is 5.69 Å². The maximum absolute atomic E-state index is 12.5. The fourth-order valence-corrected chi connectivity index (χ4v) is 1.22. The number of aromatic nitrogens is 1. The Morgan fingerprint density at radius 1 is 1.31 bits per heavy atom. The van der Waals surface area contributed by atoms with Crippen molar-refractivity contribution in [1.82, 2.24) is 4.98 Å². The first-order chi connectivity index (χ1) is 5.93. The maximum Gasteiger partial charge on any atom is 0.265 e. The van der Waals surface area contributed by atoms with Gasteiger partial charge in [0.05, 0.1) is 5.69 Å². The van der Waals surface area contributed by atoms with Gasteiger partial charge in [-0.15, -0.1) is 0 Å². The highest BCUT2D eigenvalue weighted by atomic mass is 19.3. The normalized spacial score (nSPS) is 12.2. The molecule has 1 nitrogen and oxygen atoms in total. The molecule has 1 rings (SSSR count). The smallest absolute Gasteiger partial charge is 0.260 e. The lowest BCUT2D eigenvalue weighted by Gasteiger charge is -2.20. The summed E-state index contributed by atoms with van der Waals surface area (Å²) < 4.78 is 25.0. The molecule has 0 atom stereocenters. The topological polar surface area (TPSA) is 12.9 Å². The molecule has 1 aromatic heterocycles. The standard InChI is InChI=1S/C10H13F2N/c1-10(2,3)8-7(9(11)12)5-4-6-13-8/h4-6,9H,1-3H3. The fourth-order valence-electron chi connectivity index (χ4n) is 1.22. The first kappa shape index (κ1) is 10.1. The Morgan fingerprint density at radius 2 is 1.92 bits per heavy atom. The van der Waals surface area contributed by atoms with Crippen molar-refractivity contribution < 1.29 is 8.78 Å². The zero-order valence-corrected chi connectivity index (χ0v) is 8.01. The minimum Gasteiger partial charge on any atom is -0.260 e. The van der Waals surface area contributed by atoms with Crippen LogP contribution in [0.2, 0.25) is 0 Å². The van der Waals surface area contributed by atoms with E-state index in [4.69, 9.17) is 0 Å². The molecular weight excluding hydrogens is 172 g/mol. The summed E-state index contributed by atoms with van der Waals surface area (Å²) in [6, 6.07) is 2.97. The Kier molecular flexibility index (Phi) is 2.64. The van der Waals surface area contributed by atoms with Gasteiger partial charge >= 0.3 is 0 Å². The molecule has 1 heterocycles. The molecule has 13 heavy (non-hydrogen) atoms. The molecule has 0 aliphatic heterocycles. The highest BCUT2D eigenvalue weighted by Crippen LogP contribution is 2.29. The van der Waals surface area contributed by atoms with Gasteiger partial charge in [0.25, 0.3) is 6.43 Å². The predicted molar refractivity (Wildman–Crippen MR) is 47.9 cm³/mol. The number of alkyl halides is 2. The van der Waals surface area contributed by atoms with E-state index in [0.717, 1.165) is 0 Å². The minimum absolute atomic E-state index is 0.0370. The van der Waals surface area contributed by atoms with Gasteiger partial charge in [0.2, 0.25) is 0 Å². The summed E-state index contributed by atoms with van der Waals surface area (Å²) in [5, 5.41) is 0. The minimum atomic E-state index is -2.44. The Labute approximate surface area is 76.8 Å². The van der Waals surface area contributed by atoms with E-state index in [1.54, 1.807) is 6.20 Å². The van der Waals surface area contributed by atoms with Crippen molar-refractivity contribution in [1.29, 1.82) is 0 Å². The van der Waals surface area contributed by atoms with Gasteiger partial charge in [-0.2, -0.15) is 0 Å². The Morgan fingerprint density at radius 3 is 2.31 bits per heavy atom. The van der Waals surface area contributed by atoms with Crippen molar-refractivity contribution in [2.45, 2.75) is 32.6 Å². The summed E-state index contributed by atoms with van der Waals surface area (Å²) in [6.07, 6.45) is -0.894. The molecule has 72 valence electrons. The average Bonchev–Trinajstić information content (AvgIpc) is 2.03. The van der Waals surface area contributed by atoms with E-state index in [1.807, 2.05) is 20.8 Å². The third-order valence-corrected chi connectivity index (χ3v) is 1.78. The third kappa shape index (κ3) is 2.23. The van der Waals surface area contributed by atoms with Crippen LogP contribution in [0.25, 0.3) is 0 Å². The van der Waals surface area contributed by atoms with Crippen LogP contribution in [-0.2, 0) is 5.41 Å². The number of hydrogen-bond acceptors (Lipinski definition) is 1. The highest BCUT2D eigenvalue weighted by molar-refractivity contribution is 5.26. The summed E-state index contributed by atoms with van der Waals surface area (Å²) in [7, 11) is 0. The molecule has 0 spiro atoms. The largest absolute Gasteiger partial charge is 0.265 e. The van der Waals surface area contributed by atoms with Crippen LogP contribution in [0.1, 0.15) is 38.5 Å². The number of rotatable bonds is 1. The lowest BCUT2D eigenvalue weighted by atomic mass is 9.88. The van der Waals surface area contributed by atoms with Crippen molar-refractivity contribution >= 4 is 0 Å². The molecular formula is C10H13F2N. The van der Waals surface area contributed by atoms with E-state index >= 15 is 0 Å². The first-order valence-electron chi connectivity index (χ1n) is 4.16. The second-order valence-electron chi connectivity index (χ2n) is 3.99. The van der Waals surface area contributed by atoms with Crippen LogP contribution in [-0.4, -0.2) is 4.98 Å². The lowest BCUT2D eigenvalue weighted by molar-refractivity contribution is 0.148. The van der Waals surface area contributed by atoms with Crippen molar-refractivity contribution in [2.75, 3.05) is 0 Å². The SMILES string of the molecule is CC(C)(C)c1ncccc1C(F)F. The molecule has 0 saturated carbocycles. The van der Waals surface area contributed by atoms with Gasteiger partial charge in [-0.3, -0.25) is 4.98 Å². The van der Waals surface area contributed by atoms with E-state index < -0.39 is 6.43 Å². The Balaban J connectivity index is 3.20. The zero-order valence-electron chi connectivity index (χ0n) is 8.01. The molecule has 0 amide bonds. The highest BCUT2D eigenvalue weighted by Gasteiger charge is 2.23. The average molecular weight is 185 g/mol. The quantitative estimate of drug-likeness (QED) is 0.654. The van der Waals surface area contributed by atoms with Crippen LogP contribution in [0, 0.1) is 0 Å². The first-order valence-corrected chi connectivity index (χ1v) is 4.16. The number of halogens is 2. The molecule has 0 bridgehead atoms. The molecule has 0 unspecified atom stereocenters. The third-order valence-electron chi connectivity index (χ3n) is 1.78. The van der Waals surface area contributed by atoms with Crippen LogP contribution in [0.3, 0.4) is 0 Å². The van der Waals surface area contributed by atoms with Crippen LogP contribution < -0.4 is 0 Å². The summed E-state index contributed by atoms with van der Waals surface area (Å²) in [4.78, 5) is 3.99. The molecule has 0 fully saturated rings. The summed E-state index contributed by atoms with van der Waals surface area (Å²) in [5.41, 5.74) is 0.188. The van der Waals surface area contributed by atoms with Gasteiger partial charge in [-0.25, -0.2) is 8.78 Å².